The van der Waals surface area contributed by atoms with E-state index in [4.69, 9.17) is 5.73 Å². The number of nitrogens with one attached hydrogen (secondary N) is 2. The quantitative estimate of drug-likeness (QED) is 0.575. The molecule has 2 amide bonds. The number of nitrogens with zero attached hydrogens (tertiary/aromatic N) is 1. The van der Waals surface area contributed by atoms with Gasteiger partial charge in [-0.25, -0.2) is 4.98 Å². The minimum Gasteiger partial charge on any atom is -0.493 e. The van der Waals surface area contributed by atoms with Crippen LogP contribution in [0.25, 0.3) is 10.9 Å². The maximum atomic E-state index is 12.6. The van der Waals surface area contributed by atoms with E-state index in [9.17, 15) is 14.7 Å². The molecule has 1 aromatic carbocycles. The molecule has 1 heterocycles. The third-order valence-corrected chi connectivity index (χ3v) is 5.29. The summed E-state index contributed by atoms with van der Waals surface area (Å²) in [5.41, 5.74) is 6.18. The number of aromatic hydroxyl groups is 1. The molecule has 1 fully saturated rings. The molecule has 0 radical (unpaired) electrons. The Bertz CT molecular complexity index is 850. The Hall–Kier alpha value is -2.19. The molecule has 0 bridgehead atoms. The summed E-state index contributed by atoms with van der Waals surface area (Å²) in [4.78, 5) is 28.3. The molecule has 0 spiro atoms. The van der Waals surface area contributed by atoms with Crippen LogP contribution in [0.1, 0.15) is 42.5 Å². The van der Waals surface area contributed by atoms with Crippen LogP contribution in [0.15, 0.2) is 28.7 Å². The number of rotatable bonds is 5. The highest BCUT2D eigenvalue weighted by Gasteiger charge is 2.25. The number of halogens is 1. The number of fused-ring (bicyclic) bond motifs is 1. The molecule has 144 valence electrons. The number of benzene rings is 1. The van der Waals surface area contributed by atoms with E-state index in [0.717, 1.165) is 35.5 Å². The fourth-order valence-electron chi connectivity index (χ4n) is 3.38. The van der Waals surface area contributed by atoms with Crippen LogP contribution in [0.4, 0.5) is 0 Å². The van der Waals surface area contributed by atoms with Crippen molar-refractivity contribution in [1.82, 2.24) is 15.6 Å². The standard InChI is InChI=1S/C19H23BrN4O3/c20-12-1-6-16-11(9-12)10-15(19(27)24-16)18(26)23-14-4-2-13(3-5-14)22-17(25)7-8-21/h1,6,9-10,13-14H,2-5,7-8,21H2,(H,22,25)(H,23,26)(H,24,27). The van der Waals surface area contributed by atoms with Gasteiger partial charge >= 0.3 is 0 Å². The zero-order chi connectivity index (χ0) is 19.4. The number of aromatic nitrogens is 1. The van der Waals surface area contributed by atoms with Gasteiger partial charge in [-0.15, -0.1) is 0 Å². The summed E-state index contributed by atoms with van der Waals surface area (Å²) >= 11 is 3.40. The maximum absolute atomic E-state index is 12.6. The van der Waals surface area contributed by atoms with Crippen LogP contribution in [0.5, 0.6) is 5.88 Å². The molecule has 8 heteroatoms. The second-order valence-electron chi connectivity index (χ2n) is 6.82. The third kappa shape index (κ3) is 4.95. The summed E-state index contributed by atoms with van der Waals surface area (Å²) in [5, 5.41) is 16.8. The Balaban J connectivity index is 1.60. The molecule has 1 aromatic heterocycles. The average molecular weight is 435 g/mol. The molecule has 0 saturated heterocycles. The Labute approximate surface area is 165 Å². The second-order valence-corrected chi connectivity index (χ2v) is 7.74. The lowest BCUT2D eigenvalue weighted by molar-refractivity contribution is -0.121. The molecule has 5 N–H and O–H groups in total. The van der Waals surface area contributed by atoms with Crippen molar-refractivity contribution in [2.75, 3.05) is 6.54 Å². The topological polar surface area (TPSA) is 117 Å². The molecule has 0 unspecified atom stereocenters. The zero-order valence-electron chi connectivity index (χ0n) is 14.9. The van der Waals surface area contributed by atoms with Crippen molar-refractivity contribution in [3.63, 3.8) is 0 Å². The smallest absolute Gasteiger partial charge is 0.257 e. The van der Waals surface area contributed by atoms with Crippen LogP contribution >= 0.6 is 15.9 Å². The second kappa shape index (κ2) is 8.67. The van der Waals surface area contributed by atoms with E-state index in [0.29, 0.717) is 18.5 Å². The van der Waals surface area contributed by atoms with Crippen molar-refractivity contribution in [3.8, 4) is 5.88 Å². The van der Waals surface area contributed by atoms with Crippen molar-refractivity contribution in [2.24, 2.45) is 5.73 Å². The molecule has 27 heavy (non-hydrogen) atoms. The van der Waals surface area contributed by atoms with Gasteiger partial charge < -0.3 is 21.5 Å². The lowest BCUT2D eigenvalue weighted by atomic mass is 9.91. The van der Waals surface area contributed by atoms with Crippen molar-refractivity contribution in [1.29, 1.82) is 0 Å². The van der Waals surface area contributed by atoms with E-state index in [1.807, 2.05) is 12.1 Å². The summed E-state index contributed by atoms with van der Waals surface area (Å²) in [5.74, 6) is -0.633. The summed E-state index contributed by atoms with van der Waals surface area (Å²) in [6.45, 7) is 0.344. The van der Waals surface area contributed by atoms with Crippen molar-refractivity contribution in [3.05, 3.63) is 34.3 Å². The van der Waals surface area contributed by atoms with Gasteiger partial charge in [0, 0.05) is 34.9 Å². The van der Waals surface area contributed by atoms with E-state index in [1.54, 1.807) is 12.1 Å². The first-order valence-electron chi connectivity index (χ1n) is 9.06. The number of pyridine rings is 1. The third-order valence-electron chi connectivity index (χ3n) is 4.80. The first kappa shape index (κ1) is 19.6. The van der Waals surface area contributed by atoms with Gasteiger partial charge in [-0.3, -0.25) is 9.59 Å². The van der Waals surface area contributed by atoms with Crippen molar-refractivity contribution in [2.45, 2.75) is 44.2 Å². The Kier molecular flexibility index (Phi) is 6.28. The molecule has 7 nitrogen and oxygen atoms in total. The molecule has 2 aromatic rings. The fraction of sp³-hybridized carbons (Fsp3) is 0.421. The number of carbonyl (C=O) groups excluding carboxylic acids is 2. The lowest BCUT2D eigenvalue weighted by Crippen LogP contribution is -2.44. The minimum atomic E-state index is -0.336. The monoisotopic (exact) mass is 434 g/mol. The normalized spacial score (nSPS) is 19.6. The summed E-state index contributed by atoms with van der Waals surface area (Å²) in [6.07, 6.45) is 3.48. The average Bonchev–Trinajstić information content (AvgIpc) is 2.63. The van der Waals surface area contributed by atoms with Gasteiger partial charge in [0.05, 0.1) is 5.52 Å². The number of nitrogens with two attached hydrogens (primary N) is 1. The Morgan fingerprint density at radius 3 is 2.48 bits per heavy atom. The number of amides is 2. The molecule has 0 aliphatic heterocycles. The van der Waals surface area contributed by atoms with Crippen LogP contribution in [0, 0.1) is 0 Å². The fourth-order valence-corrected chi connectivity index (χ4v) is 3.76. The van der Waals surface area contributed by atoms with Crippen LogP contribution < -0.4 is 16.4 Å². The molecule has 3 rings (SSSR count). The zero-order valence-corrected chi connectivity index (χ0v) is 16.5. The lowest BCUT2D eigenvalue weighted by Gasteiger charge is -2.29. The molecule has 1 aliphatic carbocycles. The van der Waals surface area contributed by atoms with Gasteiger partial charge in [0.25, 0.3) is 5.91 Å². The van der Waals surface area contributed by atoms with Crippen LogP contribution in [0.2, 0.25) is 0 Å². The van der Waals surface area contributed by atoms with Gasteiger partial charge in [-0.2, -0.15) is 0 Å². The predicted octanol–water partition coefficient (Wildman–Crippen LogP) is 2.21. The van der Waals surface area contributed by atoms with Gasteiger partial charge in [0.2, 0.25) is 11.8 Å². The van der Waals surface area contributed by atoms with Crippen molar-refractivity contribution >= 4 is 38.6 Å². The van der Waals surface area contributed by atoms with Gasteiger partial charge in [0.15, 0.2) is 0 Å². The summed E-state index contributed by atoms with van der Waals surface area (Å²) in [7, 11) is 0. The SMILES string of the molecule is NCCC(=O)NC1CCC(NC(=O)c2cc3cc(Br)ccc3nc2O)CC1. The Morgan fingerprint density at radius 1 is 1.15 bits per heavy atom. The molecule has 0 atom stereocenters. The van der Waals surface area contributed by atoms with Gasteiger partial charge in [0.1, 0.15) is 5.56 Å². The van der Waals surface area contributed by atoms with E-state index < -0.39 is 0 Å². The van der Waals surface area contributed by atoms with E-state index in [1.165, 1.54) is 0 Å². The minimum absolute atomic E-state index is 0.0118. The van der Waals surface area contributed by atoms with Crippen LogP contribution in [-0.2, 0) is 4.79 Å². The van der Waals surface area contributed by atoms with Crippen LogP contribution in [0.3, 0.4) is 0 Å². The number of carbonyl (C=O) groups is 2. The molecule has 1 aliphatic rings. The summed E-state index contributed by atoms with van der Waals surface area (Å²) in [6, 6.07) is 7.26. The highest BCUT2D eigenvalue weighted by Crippen LogP contribution is 2.25. The molecular formula is C19H23BrN4O3. The Morgan fingerprint density at radius 2 is 1.81 bits per heavy atom. The highest BCUT2D eigenvalue weighted by atomic mass is 79.9. The van der Waals surface area contributed by atoms with Gasteiger partial charge in [-0.1, -0.05) is 15.9 Å². The van der Waals surface area contributed by atoms with E-state index >= 15 is 0 Å². The van der Waals surface area contributed by atoms with Gasteiger partial charge in [-0.05, 0) is 49.9 Å². The van der Waals surface area contributed by atoms with Crippen molar-refractivity contribution < 1.29 is 14.7 Å². The van der Waals surface area contributed by atoms with E-state index in [-0.39, 0.29) is 35.3 Å². The summed E-state index contributed by atoms with van der Waals surface area (Å²) < 4.78 is 0.879. The molecule has 1 saturated carbocycles. The first-order valence-corrected chi connectivity index (χ1v) is 9.85. The number of hydrogen-bond donors (Lipinski definition) is 4. The maximum Gasteiger partial charge on any atom is 0.257 e. The first-order chi connectivity index (χ1) is 13.0. The highest BCUT2D eigenvalue weighted by molar-refractivity contribution is 9.10. The largest absolute Gasteiger partial charge is 0.493 e. The van der Waals surface area contributed by atoms with E-state index in [2.05, 4.69) is 31.5 Å². The number of hydrogen-bond acceptors (Lipinski definition) is 5. The van der Waals surface area contributed by atoms with Crippen LogP contribution in [-0.4, -0.2) is 40.5 Å². The predicted molar refractivity (Wildman–Crippen MR) is 106 cm³/mol. The molecular weight excluding hydrogens is 412 g/mol.